The van der Waals surface area contributed by atoms with E-state index in [4.69, 9.17) is 79.1 Å². The van der Waals surface area contributed by atoms with Crippen LogP contribution in [-0.2, 0) is 7.59 Å². The minimum atomic E-state index is -1.91. The molecule has 0 aliphatic carbocycles. The van der Waals surface area contributed by atoms with Crippen LogP contribution < -0.4 is 9.47 Å². The smallest absolute Gasteiger partial charge is 0.250 e. The molecule has 0 fully saturated rings. The largest absolute Gasteiger partial charge is 0.496 e. The number of aromatic nitrogens is 3. The van der Waals surface area contributed by atoms with Crippen LogP contribution >= 0.6 is 69.6 Å². The molecule has 0 saturated carbocycles. The van der Waals surface area contributed by atoms with Gasteiger partial charge >= 0.3 is 0 Å². The zero-order valence-electron chi connectivity index (χ0n) is 14.2. The molecule has 5 nitrogen and oxygen atoms in total. The Morgan fingerprint density at radius 3 is 1.59 bits per heavy atom. The van der Waals surface area contributed by atoms with Crippen molar-refractivity contribution in [3.05, 3.63) is 40.7 Å². The van der Waals surface area contributed by atoms with Crippen LogP contribution in [0.3, 0.4) is 0 Å². The first-order valence-corrected chi connectivity index (χ1v) is 9.53. The average molecular weight is 492 g/mol. The summed E-state index contributed by atoms with van der Waals surface area (Å²) < 4.78 is 6.88. The molecule has 11 heteroatoms. The first-order valence-electron chi connectivity index (χ1n) is 7.27. The molecule has 1 aromatic heterocycles. The molecule has 2 aromatic rings. The molecule has 0 spiro atoms. The summed E-state index contributed by atoms with van der Waals surface area (Å²) in [6, 6.07) is 3.64. The van der Waals surface area contributed by atoms with Crippen LogP contribution in [0.15, 0.2) is 12.1 Å². The Labute approximate surface area is 186 Å². The Morgan fingerprint density at radius 1 is 0.778 bits per heavy atom. The van der Waals surface area contributed by atoms with Gasteiger partial charge in [-0.1, -0.05) is 75.7 Å². The monoisotopic (exact) mass is 489 g/mol. The minimum Gasteiger partial charge on any atom is -0.496 e. The predicted octanol–water partition coefficient (Wildman–Crippen LogP) is 6.02. The quantitative estimate of drug-likeness (QED) is 0.489. The standard InChI is InChI=1S/C16H13Cl6N3O2/c1-8-10(26-2)6-9(7-11(8)27-3)4-5-12-23-13(15(17,18)19)25-14(24-12)16(20,21)22/h4-7H,1-3H3. The maximum Gasteiger partial charge on any atom is 0.250 e. The summed E-state index contributed by atoms with van der Waals surface area (Å²) in [7, 11) is 3.14. The molecule has 0 radical (unpaired) electrons. The Balaban J connectivity index is 2.50. The lowest BCUT2D eigenvalue weighted by atomic mass is 10.1. The molecule has 27 heavy (non-hydrogen) atoms. The lowest BCUT2D eigenvalue weighted by Crippen LogP contribution is -2.16. The summed E-state index contributed by atoms with van der Waals surface area (Å²) in [5.41, 5.74) is 1.63. The van der Waals surface area contributed by atoms with Crippen molar-refractivity contribution >= 4 is 81.8 Å². The summed E-state index contributed by atoms with van der Waals surface area (Å²) in [5.74, 6) is 1.14. The van der Waals surface area contributed by atoms with E-state index in [2.05, 4.69) is 15.0 Å². The van der Waals surface area contributed by atoms with Crippen molar-refractivity contribution in [2.75, 3.05) is 14.2 Å². The number of nitrogens with zero attached hydrogens (tertiary/aromatic N) is 3. The second kappa shape index (κ2) is 8.76. The number of hydrogen-bond acceptors (Lipinski definition) is 5. The van der Waals surface area contributed by atoms with Crippen molar-refractivity contribution in [3.8, 4) is 11.5 Å². The average Bonchev–Trinajstić information content (AvgIpc) is 2.59. The van der Waals surface area contributed by atoms with Crippen LogP contribution in [-0.4, -0.2) is 29.2 Å². The summed E-state index contributed by atoms with van der Waals surface area (Å²) >= 11 is 35.1. The zero-order chi connectivity index (χ0) is 20.4. The Bertz CT molecular complexity index is 805. The van der Waals surface area contributed by atoms with Gasteiger partial charge in [0.2, 0.25) is 7.59 Å². The van der Waals surface area contributed by atoms with Crippen molar-refractivity contribution in [2.45, 2.75) is 14.5 Å². The van der Waals surface area contributed by atoms with Gasteiger partial charge in [0.25, 0.3) is 0 Å². The fraction of sp³-hybridized carbons (Fsp3) is 0.312. The maximum atomic E-state index is 5.86. The van der Waals surface area contributed by atoms with Gasteiger partial charge in [0.15, 0.2) is 17.5 Å². The van der Waals surface area contributed by atoms with Crippen molar-refractivity contribution in [1.82, 2.24) is 15.0 Å². The fourth-order valence-electron chi connectivity index (χ4n) is 2.09. The minimum absolute atomic E-state index is 0.145. The molecule has 1 heterocycles. The molecule has 2 rings (SSSR count). The summed E-state index contributed by atoms with van der Waals surface area (Å²) in [4.78, 5) is 12.1. The van der Waals surface area contributed by atoms with Crippen molar-refractivity contribution < 1.29 is 9.47 Å². The van der Waals surface area contributed by atoms with E-state index in [1.807, 2.05) is 19.1 Å². The zero-order valence-corrected chi connectivity index (χ0v) is 18.8. The molecule has 0 amide bonds. The summed E-state index contributed by atoms with van der Waals surface area (Å²) in [6.07, 6.45) is 3.27. The van der Waals surface area contributed by atoms with Crippen LogP contribution in [0.2, 0.25) is 0 Å². The van der Waals surface area contributed by atoms with Gasteiger partial charge in [-0.3, -0.25) is 0 Å². The SMILES string of the molecule is COc1cc(C=Cc2nc(C(Cl)(Cl)Cl)nc(C(Cl)(Cl)Cl)n2)cc(OC)c1C. The first kappa shape index (κ1) is 22.6. The van der Waals surface area contributed by atoms with Gasteiger partial charge in [-0.25, -0.2) is 15.0 Å². The molecular weight excluding hydrogens is 479 g/mol. The van der Waals surface area contributed by atoms with Gasteiger partial charge in [-0.05, 0) is 30.7 Å². The van der Waals surface area contributed by atoms with E-state index in [0.29, 0.717) is 11.5 Å². The van der Waals surface area contributed by atoms with Gasteiger partial charge in [0.05, 0.1) is 14.2 Å². The molecule has 0 bridgehead atoms. The normalized spacial score (nSPS) is 12.5. The van der Waals surface area contributed by atoms with Crippen molar-refractivity contribution in [2.24, 2.45) is 0 Å². The van der Waals surface area contributed by atoms with Crippen molar-refractivity contribution in [3.63, 3.8) is 0 Å². The highest BCUT2D eigenvalue weighted by Crippen LogP contribution is 2.40. The Hall–Kier alpha value is -0.690. The second-order valence-electron chi connectivity index (χ2n) is 5.22. The van der Waals surface area contributed by atoms with Gasteiger partial charge in [0.1, 0.15) is 11.5 Å². The molecule has 0 saturated heterocycles. The van der Waals surface area contributed by atoms with E-state index < -0.39 is 7.59 Å². The highest BCUT2D eigenvalue weighted by Gasteiger charge is 2.33. The van der Waals surface area contributed by atoms with E-state index in [0.717, 1.165) is 11.1 Å². The van der Waals surface area contributed by atoms with Crippen LogP contribution in [0.4, 0.5) is 0 Å². The van der Waals surface area contributed by atoms with Gasteiger partial charge in [-0.15, -0.1) is 0 Å². The number of benzene rings is 1. The van der Waals surface area contributed by atoms with Crippen molar-refractivity contribution in [1.29, 1.82) is 0 Å². The molecule has 146 valence electrons. The van der Waals surface area contributed by atoms with E-state index >= 15 is 0 Å². The number of halogens is 6. The molecule has 0 unspecified atom stereocenters. The lowest BCUT2D eigenvalue weighted by Gasteiger charge is -2.14. The Morgan fingerprint density at radius 2 is 1.22 bits per heavy atom. The number of hydrogen-bond donors (Lipinski definition) is 0. The Kier molecular flexibility index (Phi) is 7.34. The molecule has 0 N–H and O–H groups in total. The molecule has 0 aliphatic rings. The second-order valence-corrected chi connectivity index (χ2v) is 9.78. The number of rotatable bonds is 4. The lowest BCUT2D eigenvalue weighted by molar-refractivity contribution is 0.388. The van der Waals surface area contributed by atoms with Crippen LogP contribution in [0.25, 0.3) is 12.2 Å². The summed E-state index contributed by atoms with van der Waals surface area (Å²) in [5, 5.41) is 0. The van der Waals surface area contributed by atoms with Crippen LogP contribution in [0.1, 0.15) is 28.6 Å². The molecule has 0 atom stereocenters. The highest BCUT2D eigenvalue weighted by molar-refractivity contribution is 6.67. The van der Waals surface area contributed by atoms with Gasteiger partial charge in [0, 0.05) is 5.56 Å². The van der Waals surface area contributed by atoms with Crippen LogP contribution in [0, 0.1) is 6.92 Å². The number of ether oxygens (including phenoxy) is 2. The molecule has 1 aromatic carbocycles. The van der Waals surface area contributed by atoms with E-state index in [1.54, 1.807) is 26.4 Å². The molecular formula is C16H13Cl6N3O2. The van der Waals surface area contributed by atoms with Gasteiger partial charge < -0.3 is 9.47 Å². The van der Waals surface area contributed by atoms with E-state index in [9.17, 15) is 0 Å². The van der Waals surface area contributed by atoms with Crippen LogP contribution in [0.5, 0.6) is 11.5 Å². The maximum absolute atomic E-state index is 5.86. The van der Waals surface area contributed by atoms with Gasteiger partial charge in [-0.2, -0.15) is 0 Å². The third-order valence-corrected chi connectivity index (χ3v) is 4.37. The third kappa shape index (κ3) is 5.89. The number of methoxy groups -OCH3 is 2. The van der Waals surface area contributed by atoms with E-state index in [-0.39, 0.29) is 17.5 Å². The number of alkyl halides is 6. The first-order chi connectivity index (χ1) is 12.5. The molecule has 0 aliphatic heterocycles. The third-order valence-electron chi connectivity index (χ3n) is 3.36. The fourth-order valence-corrected chi connectivity index (χ4v) is 2.60. The predicted molar refractivity (Wildman–Crippen MR) is 112 cm³/mol. The topological polar surface area (TPSA) is 57.1 Å². The summed E-state index contributed by atoms with van der Waals surface area (Å²) in [6.45, 7) is 1.89. The van der Waals surface area contributed by atoms with E-state index in [1.165, 1.54) is 0 Å². The highest BCUT2D eigenvalue weighted by atomic mass is 35.6.